The van der Waals surface area contributed by atoms with Crippen LogP contribution in [-0.2, 0) is 17.9 Å². The molecule has 1 aliphatic carbocycles. The lowest BCUT2D eigenvalue weighted by molar-refractivity contribution is -0.137. The van der Waals surface area contributed by atoms with Gasteiger partial charge in [-0.15, -0.1) is 5.10 Å². The second kappa shape index (κ2) is 5.39. The van der Waals surface area contributed by atoms with Crippen molar-refractivity contribution >= 4 is 11.9 Å². The van der Waals surface area contributed by atoms with E-state index in [0.717, 1.165) is 12.8 Å². The van der Waals surface area contributed by atoms with Crippen molar-refractivity contribution in [2.24, 2.45) is 0 Å². The molecular formula is C13H15N5O3. The number of aromatic nitrogens is 4. The van der Waals surface area contributed by atoms with Gasteiger partial charge in [-0.2, -0.15) is 0 Å². The van der Waals surface area contributed by atoms with Crippen LogP contribution in [0.2, 0.25) is 0 Å². The zero-order valence-electron chi connectivity index (χ0n) is 11.3. The van der Waals surface area contributed by atoms with E-state index in [-0.39, 0.29) is 19.0 Å². The molecule has 2 heterocycles. The Morgan fingerprint density at radius 3 is 2.95 bits per heavy atom. The largest absolute Gasteiger partial charge is 0.480 e. The van der Waals surface area contributed by atoms with Gasteiger partial charge in [-0.3, -0.25) is 9.59 Å². The van der Waals surface area contributed by atoms with Crippen molar-refractivity contribution in [1.29, 1.82) is 0 Å². The van der Waals surface area contributed by atoms with Gasteiger partial charge in [0.15, 0.2) is 0 Å². The fourth-order valence-electron chi connectivity index (χ4n) is 2.15. The summed E-state index contributed by atoms with van der Waals surface area (Å²) in [5.41, 5.74) is 1.16. The van der Waals surface area contributed by atoms with E-state index < -0.39 is 5.97 Å². The van der Waals surface area contributed by atoms with Crippen LogP contribution in [-0.4, -0.2) is 36.5 Å². The highest BCUT2D eigenvalue weighted by Gasteiger charge is 2.26. The van der Waals surface area contributed by atoms with Crippen LogP contribution in [0.15, 0.2) is 24.5 Å². The van der Waals surface area contributed by atoms with E-state index in [9.17, 15) is 9.59 Å². The van der Waals surface area contributed by atoms with Gasteiger partial charge in [0.25, 0.3) is 5.91 Å². The lowest BCUT2D eigenvalue weighted by Crippen LogP contribution is -2.25. The highest BCUT2D eigenvalue weighted by atomic mass is 16.4. The number of carbonyl (C=O) groups is 2. The lowest BCUT2D eigenvalue weighted by Gasteiger charge is -2.07. The van der Waals surface area contributed by atoms with Crippen LogP contribution in [0.3, 0.4) is 0 Å². The molecule has 0 radical (unpaired) electrons. The number of hydrogen-bond acceptors (Lipinski definition) is 4. The molecule has 0 aliphatic heterocycles. The third-order valence-electron chi connectivity index (χ3n) is 3.27. The number of nitrogens with zero attached hydrogens (tertiary/aromatic N) is 4. The first-order valence-electron chi connectivity index (χ1n) is 6.69. The number of carboxylic acid groups (broad SMARTS) is 1. The van der Waals surface area contributed by atoms with Gasteiger partial charge in [-0.1, -0.05) is 5.21 Å². The predicted molar refractivity (Wildman–Crippen MR) is 71.5 cm³/mol. The molecule has 0 atom stereocenters. The average molecular weight is 289 g/mol. The summed E-state index contributed by atoms with van der Waals surface area (Å²) in [4.78, 5) is 22.7. The van der Waals surface area contributed by atoms with E-state index in [1.54, 1.807) is 6.07 Å². The molecule has 1 saturated carbocycles. The molecule has 1 aliphatic rings. The fraction of sp³-hybridized carbons (Fsp3) is 0.385. The highest BCUT2D eigenvalue weighted by Crippen LogP contribution is 2.35. The van der Waals surface area contributed by atoms with E-state index in [4.69, 9.17) is 5.11 Å². The molecule has 21 heavy (non-hydrogen) atoms. The predicted octanol–water partition coefficient (Wildman–Crippen LogP) is 0.429. The van der Waals surface area contributed by atoms with Crippen molar-refractivity contribution in [2.75, 3.05) is 0 Å². The second-order valence-corrected chi connectivity index (χ2v) is 5.02. The van der Waals surface area contributed by atoms with Crippen LogP contribution in [0.25, 0.3) is 0 Å². The van der Waals surface area contributed by atoms with Crippen LogP contribution in [0, 0.1) is 0 Å². The van der Waals surface area contributed by atoms with Gasteiger partial charge in [-0.25, -0.2) is 4.68 Å². The van der Waals surface area contributed by atoms with Crippen molar-refractivity contribution in [3.05, 3.63) is 35.9 Å². The molecule has 110 valence electrons. The van der Waals surface area contributed by atoms with Gasteiger partial charge < -0.3 is 15.0 Å². The van der Waals surface area contributed by atoms with Crippen LogP contribution in [0.1, 0.15) is 35.1 Å². The molecule has 8 heteroatoms. The summed E-state index contributed by atoms with van der Waals surface area (Å²) in [5, 5.41) is 18.9. The fourth-order valence-corrected chi connectivity index (χ4v) is 2.15. The third kappa shape index (κ3) is 3.10. The summed E-state index contributed by atoms with van der Waals surface area (Å²) >= 11 is 0. The quantitative estimate of drug-likeness (QED) is 0.803. The van der Waals surface area contributed by atoms with Crippen molar-refractivity contribution < 1.29 is 14.7 Å². The highest BCUT2D eigenvalue weighted by molar-refractivity contribution is 5.92. The Kier molecular flexibility index (Phi) is 3.43. The van der Waals surface area contributed by atoms with Gasteiger partial charge in [0, 0.05) is 12.2 Å². The van der Waals surface area contributed by atoms with Gasteiger partial charge >= 0.3 is 5.97 Å². The van der Waals surface area contributed by atoms with Gasteiger partial charge in [0.2, 0.25) is 0 Å². The Bertz CT molecular complexity index is 671. The molecule has 2 aromatic heterocycles. The number of nitrogens with one attached hydrogen (secondary N) is 1. The lowest BCUT2D eigenvalue weighted by atomic mass is 10.3. The Morgan fingerprint density at radius 2 is 2.24 bits per heavy atom. The molecule has 0 spiro atoms. The average Bonchev–Trinajstić information content (AvgIpc) is 2.99. The number of hydrogen-bond donors (Lipinski definition) is 2. The molecule has 0 bridgehead atoms. The SMILES string of the molecule is O=C(O)Cn1cc(CNC(=O)c2cccn2C2CC2)nn1. The Hall–Kier alpha value is -2.64. The maximum atomic E-state index is 12.1. The molecule has 2 aromatic rings. The monoisotopic (exact) mass is 289 g/mol. The summed E-state index contributed by atoms with van der Waals surface area (Å²) in [6.45, 7) is -0.0280. The van der Waals surface area contributed by atoms with Crippen LogP contribution in [0.4, 0.5) is 0 Å². The number of amides is 1. The summed E-state index contributed by atoms with van der Waals surface area (Å²) in [7, 11) is 0. The maximum absolute atomic E-state index is 12.1. The molecule has 2 N–H and O–H groups in total. The van der Waals surface area contributed by atoms with E-state index in [2.05, 4.69) is 15.6 Å². The minimum absolute atomic E-state index is 0.167. The number of carbonyl (C=O) groups excluding carboxylic acids is 1. The summed E-state index contributed by atoms with van der Waals surface area (Å²) in [5.74, 6) is -1.16. The van der Waals surface area contributed by atoms with Crippen LogP contribution in [0.5, 0.6) is 0 Å². The van der Waals surface area contributed by atoms with Crippen molar-refractivity contribution in [3.8, 4) is 0 Å². The van der Waals surface area contributed by atoms with Gasteiger partial charge in [0.05, 0.1) is 12.7 Å². The summed E-state index contributed by atoms with van der Waals surface area (Å²) in [6.07, 6.45) is 5.64. The first kappa shape index (κ1) is 13.3. The first-order valence-corrected chi connectivity index (χ1v) is 6.69. The number of carboxylic acids is 1. The smallest absolute Gasteiger partial charge is 0.325 e. The molecule has 8 nitrogen and oxygen atoms in total. The van der Waals surface area contributed by atoms with E-state index >= 15 is 0 Å². The van der Waals surface area contributed by atoms with Crippen molar-refractivity contribution in [3.63, 3.8) is 0 Å². The van der Waals surface area contributed by atoms with Crippen molar-refractivity contribution in [1.82, 2.24) is 24.9 Å². The van der Waals surface area contributed by atoms with E-state index in [1.165, 1.54) is 10.9 Å². The van der Waals surface area contributed by atoms with Crippen LogP contribution < -0.4 is 5.32 Å². The van der Waals surface area contributed by atoms with E-state index in [0.29, 0.717) is 17.4 Å². The molecule has 1 fully saturated rings. The summed E-state index contributed by atoms with van der Waals surface area (Å²) in [6, 6.07) is 4.09. The van der Waals surface area contributed by atoms with Crippen molar-refractivity contribution in [2.45, 2.75) is 32.0 Å². The number of rotatable bonds is 6. The molecule has 0 saturated heterocycles. The standard InChI is InChI=1S/C13H15N5O3/c19-12(20)8-17-7-9(15-16-17)6-14-13(21)11-2-1-5-18(11)10-3-4-10/h1-2,5,7,10H,3-4,6,8H2,(H,14,21)(H,19,20). The molecule has 0 aromatic carbocycles. The Labute approximate surface area is 120 Å². The zero-order valence-corrected chi connectivity index (χ0v) is 11.3. The Morgan fingerprint density at radius 1 is 1.43 bits per heavy atom. The minimum atomic E-state index is -0.988. The molecular weight excluding hydrogens is 274 g/mol. The molecule has 3 rings (SSSR count). The topological polar surface area (TPSA) is 102 Å². The number of aliphatic carboxylic acids is 1. The Balaban J connectivity index is 1.59. The molecule has 0 unspecified atom stereocenters. The zero-order chi connectivity index (χ0) is 14.8. The van der Waals surface area contributed by atoms with Gasteiger partial charge in [-0.05, 0) is 25.0 Å². The van der Waals surface area contributed by atoms with Crippen LogP contribution >= 0.6 is 0 Å². The second-order valence-electron chi connectivity index (χ2n) is 5.02. The first-order chi connectivity index (χ1) is 10.1. The van der Waals surface area contributed by atoms with E-state index in [1.807, 2.05) is 16.8 Å². The maximum Gasteiger partial charge on any atom is 0.325 e. The minimum Gasteiger partial charge on any atom is -0.480 e. The molecule has 1 amide bonds. The summed E-state index contributed by atoms with van der Waals surface area (Å²) < 4.78 is 3.20. The van der Waals surface area contributed by atoms with Gasteiger partial charge in [0.1, 0.15) is 17.9 Å². The normalized spacial score (nSPS) is 14.1. The third-order valence-corrected chi connectivity index (χ3v) is 3.27.